The molecule has 0 saturated carbocycles. The molecule has 106 valence electrons. The summed E-state index contributed by atoms with van der Waals surface area (Å²) >= 11 is 0. The summed E-state index contributed by atoms with van der Waals surface area (Å²) in [7, 11) is 1.31. The van der Waals surface area contributed by atoms with Gasteiger partial charge >= 0.3 is 5.97 Å². The highest BCUT2D eigenvalue weighted by atomic mass is 19.1. The number of oxazole rings is 1. The minimum Gasteiger partial charge on any atom is -0.465 e. The molecule has 4 nitrogen and oxygen atoms in total. The quantitative estimate of drug-likeness (QED) is 0.673. The maximum atomic E-state index is 13.5. The number of hydrogen-bond donors (Lipinski definition) is 0. The van der Waals surface area contributed by atoms with Crippen molar-refractivity contribution in [3.63, 3.8) is 0 Å². The Kier molecular flexibility index (Phi) is 3.17. The lowest BCUT2D eigenvalue weighted by Crippen LogP contribution is -2.00. The molecule has 21 heavy (non-hydrogen) atoms. The Labute approximate surface area is 120 Å². The fraction of sp³-hybridized carbons (Fsp3) is 0.125. The fourth-order valence-corrected chi connectivity index (χ4v) is 2.15. The number of hydrogen-bond acceptors (Lipinski definition) is 4. The van der Waals surface area contributed by atoms with E-state index in [1.807, 2.05) is 0 Å². The van der Waals surface area contributed by atoms with Gasteiger partial charge in [-0.3, -0.25) is 0 Å². The molecule has 0 aliphatic carbocycles. The number of nitrogens with zero attached hydrogens (tertiary/aromatic N) is 1. The van der Waals surface area contributed by atoms with Crippen LogP contribution < -0.4 is 0 Å². The van der Waals surface area contributed by atoms with Crippen molar-refractivity contribution in [3.05, 3.63) is 53.3 Å². The van der Waals surface area contributed by atoms with Crippen LogP contribution in [0.3, 0.4) is 0 Å². The third-order valence-electron chi connectivity index (χ3n) is 3.10. The second-order valence-corrected chi connectivity index (χ2v) is 4.71. The molecular formula is C16H12FNO3. The predicted octanol–water partition coefficient (Wildman–Crippen LogP) is 3.73. The van der Waals surface area contributed by atoms with Crippen molar-refractivity contribution in [1.29, 1.82) is 0 Å². The number of esters is 1. The van der Waals surface area contributed by atoms with Gasteiger partial charge in [-0.15, -0.1) is 0 Å². The van der Waals surface area contributed by atoms with E-state index in [1.165, 1.54) is 19.2 Å². The maximum Gasteiger partial charge on any atom is 0.337 e. The van der Waals surface area contributed by atoms with Gasteiger partial charge in [0, 0.05) is 5.56 Å². The van der Waals surface area contributed by atoms with Gasteiger partial charge in [-0.05, 0) is 48.9 Å². The Morgan fingerprint density at radius 1 is 1.24 bits per heavy atom. The van der Waals surface area contributed by atoms with Crippen LogP contribution in [-0.2, 0) is 4.74 Å². The molecule has 0 atom stereocenters. The summed E-state index contributed by atoms with van der Waals surface area (Å²) in [5.74, 6) is -0.478. The van der Waals surface area contributed by atoms with Gasteiger partial charge in [0.1, 0.15) is 11.3 Å². The molecule has 3 aromatic rings. The van der Waals surface area contributed by atoms with Crippen LogP contribution in [-0.4, -0.2) is 18.1 Å². The number of fused-ring (bicyclic) bond motifs is 1. The van der Waals surface area contributed by atoms with Gasteiger partial charge in [0.2, 0.25) is 5.89 Å². The van der Waals surface area contributed by atoms with E-state index in [9.17, 15) is 9.18 Å². The predicted molar refractivity (Wildman–Crippen MR) is 75.5 cm³/mol. The van der Waals surface area contributed by atoms with Crippen LogP contribution in [0.2, 0.25) is 0 Å². The molecule has 0 spiro atoms. The number of methoxy groups -OCH3 is 1. The van der Waals surface area contributed by atoms with Gasteiger partial charge in [-0.1, -0.05) is 0 Å². The smallest absolute Gasteiger partial charge is 0.337 e. The number of aryl methyl sites for hydroxylation is 1. The molecule has 1 aromatic heterocycles. The van der Waals surface area contributed by atoms with Crippen LogP contribution in [0.5, 0.6) is 0 Å². The molecule has 0 amide bonds. The zero-order valence-electron chi connectivity index (χ0n) is 11.5. The van der Waals surface area contributed by atoms with Crippen LogP contribution in [0.25, 0.3) is 22.6 Å². The molecular weight excluding hydrogens is 273 g/mol. The van der Waals surface area contributed by atoms with Crippen LogP contribution >= 0.6 is 0 Å². The van der Waals surface area contributed by atoms with Crippen molar-refractivity contribution >= 4 is 17.1 Å². The molecule has 0 aliphatic rings. The number of carbonyl (C=O) groups is 1. The average Bonchev–Trinajstić information content (AvgIpc) is 2.88. The van der Waals surface area contributed by atoms with Gasteiger partial charge in [-0.2, -0.15) is 0 Å². The molecule has 0 N–H and O–H groups in total. The first-order chi connectivity index (χ1) is 10.1. The number of aromatic nitrogens is 1. The molecule has 0 radical (unpaired) electrons. The van der Waals surface area contributed by atoms with Crippen molar-refractivity contribution < 1.29 is 18.3 Å². The molecule has 3 rings (SSSR count). The first kappa shape index (κ1) is 13.3. The Hall–Kier alpha value is -2.69. The minimum atomic E-state index is -0.448. The van der Waals surface area contributed by atoms with E-state index in [0.717, 1.165) is 5.56 Å². The first-order valence-corrected chi connectivity index (χ1v) is 6.33. The van der Waals surface area contributed by atoms with E-state index in [1.54, 1.807) is 31.2 Å². The Balaban J connectivity index is 2.10. The third kappa shape index (κ3) is 2.50. The standard InChI is InChI=1S/C16H12FNO3/c1-9-5-11(7-12(17)6-9)15-18-13-4-3-10(16(19)20-2)8-14(13)21-15/h3-8H,1-2H3. The van der Waals surface area contributed by atoms with Gasteiger partial charge in [-0.25, -0.2) is 14.2 Å². The average molecular weight is 285 g/mol. The highest BCUT2D eigenvalue weighted by molar-refractivity contribution is 5.93. The topological polar surface area (TPSA) is 52.3 Å². The summed E-state index contributed by atoms with van der Waals surface area (Å²) in [6.07, 6.45) is 0. The zero-order valence-corrected chi connectivity index (χ0v) is 11.5. The SMILES string of the molecule is COC(=O)c1ccc2nc(-c3cc(C)cc(F)c3)oc2c1. The number of benzene rings is 2. The molecule has 2 aromatic carbocycles. The van der Waals surface area contributed by atoms with Gasteiger partial charge in [0.15, 0.2) is 5.58 Å². The summed E-state index contributed by atoms with van der Waals surface area (Å²) in [6.45, 7) is 1.80. The second kappa shape index (κ2) is 5.01. The molecule has 0 saturated heterocycles. The summed E-state index contributed by atoms with van der Waals surface area (Å²) in [4.78, 5) is 15.8. The Morgan fingerprint density at radius 3 is 2.76 bits per heavy atom. The van der Waals surface area contributed by atoms with E-state index in [-0.39, 0.29) is 5.82 Å². The second-order valence-electron chi connectivity index (χ2n) is 4.71. The number of rotatable bonds is 2. The van der Waals surface area contributed by atoms with Crippen LogP contribution in [0.4, 0.5) is 4.39 Å². The van der Waals surface area contributed by atoms with E-state index in [0.29, 0.717) is 28.1 Å². The van der Waals surface area contributed by atoms with Gasteiger partial charge in [0.25, 0.3) is 0 Å². The Bertz CT molecular complexity index is 818. The Morgan fingerprint density at radius 2 is 2.05 bits per heavy atom. The van der Waals surface area contributed by atoms with Crippen LogP contribution in [0.15, 0.2) is 40.8 Å². The normalized spacial score (nSPS) is 10.8. The third-order valence-corrected chi connectivity index (χ3v) is 3.10. The monoisotopic (exact) mass is 285 g/mol. The van der Waals surface area contributed by atoms with E-state index in [4.69, 9.17) is 4.42 Å². The van der Waals surface area contributed by atoms with E-state index < -0.39 is 5.97 Å². The summed E-state index contributed by atoms with van der Waals surface area (Å²) < 4.78 is 23.7. The van der Waals surface area contributed by atoms with Crippen LogP contribution in [0.1, 0.15) is 15.9 Å². The van der Waals surface area contributed by atoms with Crippen LogP contribution in [0, 0.1) is 12.7 Å². The largest absolute Gasteiger partial charge is 0.465 e. The summed E-state index contributed by atoms with van der Waals surface area (Å²) in [5, 5.41) is 0. The minimum absolute atomic E-state index is 0.314. The number of carbonyl (C=O) groups excluding carboxylic acids is 1. The molecule has 0 bridgehead atoms. The maximum absolute atomic E-state index is 13.5. The zero-order chi connectivity index (χ0) is 15.0. The van der Waals surface area contributed by atoms with E-state index >= 15 is 0 Å². The lowest BCUT2D eigenvalue weighted by atomic mass is 10.1. The number of ether oxygens (including phenoxy) is 1. The number of halogens is 1. The van der Waals surface area contributed by atoms with Crippen molar-refractivity contribution in [2.75, 3.05) is 7.11 Å². The first-order valence-electron chi connectivity index (χ1n) is 6.33. The highest BCUT2D eigenvalue weighted by Crippen LogP contribution is 2.26. The van der Waals surface area contributed by atoms with Crippen molar-refractivity contribution in [1.82, 2.24) is 4.98 Å². The van der Waals surface area contributed by atoms with Crippen molar-refractivity contribution in [2.24, 2.45) is 0 Å². The highest BCUT2D eigenvalue weighted by Gasteiger charge is 2.13. The van der Waals surface area contributed by atoms with E-state index in [2.05, 4.69) is 9.72 Å². The summed E-state index contributed by atoms with van der Waals surface area (Å²) in [5.41, 5.74) is 2.77. The molecule has 1 heterocycles. The lowest BCUT2D eigenvalue weighted by molar-refractivity contribution is 0.0601. The van der Waals surface area contributed by atoms with Gasteiger partial charge in [0.05, 0.1) is 12.7 Å². The molecule has 0 unspecified atom stereocenters. The van der Waals surface area contributed by atoms with Crippen molar-refractivity contribution in [2.45, 2.75) is 6.92 Å². The lowest BCUT2D eigenvalue weighted by Gasteiger charge is -1.98. The fourth-order valence-electron chi connectivity index (χ4n) is 2.15. The molecule has 5 heteroatoms. The molecule has 0 aliphatic heterocycles. The summed E-state index contributed by atoms with van der Waals surface area (Å²) in [6, 6.07) is 9.41. The van der Waals surface area contributed by atoms with Crippen molar-refractivity contribution in [3.8, 4) is 11.5 Å². The van der Waals surface area contributed by atoms with Gasteiger partial charge < -0.3 is 9.15 Å². The molecule has 0 fully saturated rings.